The van der Waals surface area contributed by atoms with Crippen LogP contribution in [-0.2, 0) is 6.61 Å². The maximum Gasteiger partial charge on any atom is 0.127 e. The second-order valence-electron chi connectivity index (χ2n) is 6.64. The number of likely N-dealkylation sites (tertiary alicyclic amines) is 1. The highest BCUT2D eigenvalue weighted by Crippen LogP contribution is 2.32. The molecule has 2 aromatic rings. The smallest absolute Gasteiger partial charge is 0.127 e. The first-order valence-electron chi connectivity index (χ1n) is 9.09. The summed E-state index contributed by atoms with van der Waals surface area (Å²) in [5.74, 6) is 0.737. The van der Waals surface area contributed by atoms with E-state index in [1.807, 2.05) is 48.5 Å². The van der Waals surface area contributed by atoms with Gasteiger partial charge in [-0.25, -0.2) is 0 Å². The standard InChI is InChI=1S/C21H27NO3/c23-15-17-8-2-3-9-19(17)20-10-4-5-11-21(20)25-16-18(24)14-22-12-6-1-7-13-22/h2-5,8-11,18,23-24H,1,6-7,12-16H2/t18-/m0/s1. The van der Waals surface area contributed by atoms with Crippen molar-refractivity contribution in [3.63, 3.8) is 0 Å². The predicted octanol–water partition coefficient (Wildman–Crippen LogP) is 3.07. The first kappa shape index (κ1) is 17.9. The molecule has 1 aliphatic rings. The molecule has 1 atom stereocenters. The molecule has 4 heteroatoms. The first-order valence-corrected chi connectivity index (χ1v) is 9.09. The number of ether oxygens (including phenoxy) is 1. The minimum Gasteiger partial charge on any atom is -0.490 e. The quantitative estimate of drug-likeness (QED) is 0.813. The van der Waals surface area contributed by atoms with Gasteiger partial charge < -0.3 is 19.8 Å². The van der Waals surface area contributed by atoms with Crippen LogP contribution in [-0.4, -0.2) is 47.5 Å². The van der Waals surface area contributed by atoms with Gasteiger partial charge in [0.25, 0.3) is 0 Å². The molecule has 0 aromatic heterocycles. The minimum absolute atomic E-state index is 0.0118. The van der Waals surface area contributed by atoms with E-state index in [1.165, 1.54) is 19.3 Å². The van der Waals surface area contributed by atoms with E-state index in [0.29, 0.717) is 6.54 Å². The van der Waals surface area contributed by atoms with Gasteiger partial charge in [-0.05, 0) is 43.1 Å². The molecular weight excluding hydrogens is 314 g/mol. The Bertz CT molecular complexity index is 668. The Morgan fingerprint density at radius 2 is 1.60 bits per heavy atom. The summed E-state index contributed by atoms with van der Waals surface area (Å²) >= 11 is 0. The lowest BCUT2D eigenvalue weighted by atomic mass is 9.99. The van der Waals surface area contributed by atoms with E-state index in [0.717, 1.165) is 35.5 Å². The van der Waals surface area contributed by atoms with Crippen molar-refractivity contribution in [1.82, 2.24) is 4.90 Å². The van der Waals surface area contributed by atoms with Crippen molar-refractivity contribution >= 4 is 0 Å². The molecule has 1 heterocycles. The van der Waals surface area contributed by atoms with Crippen LogP contribution < -0.4 is 4.74 Å². The van der Waals surface area contributed by atoms with E-state index < -0.39 is 6.10 Å². The molecule has 0 aliphatic carbocycles. The fourth-order valence-electron chi connectivity index (χ4n) is 3.41. The number of aliphatic hydroxyl groups is 2. The summed E-state index contributed by atoms with van der Waals surface area (Å²) < 4.78 is 5.94. The highest BCUT2D eigenvalue weighted by molar-refractivity contribution is 5.73. The molecule has 0 bridgehead atoms. The number of hydrogen-bond acceptors (Lipinski definition) is 4. The van der Waals surface area contributed by atoms with Gasteiger partial charge >= 0.3 is 0 Å². The number of benzene rings is 2. The summed E-state index contributed by atoms with van der Waals surface area (Å²) in [4.78, 5) is 2.31. The zero-order chi connectivity index (χ0) is 17.5. The van der Waals surface area contributed by atoms with Gasteiger partial charge in [0.05, 0.1) is 6.61 Å². The molecular formula is C21H27NO3. The largest absolute Gasteiger partial charge is 0.490 e. The molecule has 2 N–H and O–H groups in total. The van der Waals surface area contributed by atoms with Crippen LogP contribution in [0, 0.1) is 0 Å². The molecule has 0 unspecified atom stereocenters. The summed E-state index contributed by atoms with van der Waals surface area (Å²) in [5, 5.41) is 19.9. The van der Waals surface area contributed by atoms with Crippen molar-refractivity contribution in [1.29, 1.82) is 0 Å². The minimum atomic E-state index is -0.501. The maximum atomic E-state index is 10.3. The molecule has 3 rings (SSSR count). The van der Waals surface area contributed by atoms with Crippen molar-refractivity contribution in [3.8, 4) is 16.9 Å². The van der Waals surface area contributed by atoms with Crippen LogP contribution in [0.25, 0.3) is 11.1 Å². The van der Waals surface area contributed by atoms with Crippen molar-refractivity contribution in [3.05, 3.63) is 54.1 Å². The van der Waals surface area contributed by atoms with Crippen molar-refractivity contribution in [2.45, 2.75) is 32.0 Å². The number of β-amino-alcohol motifs (C(OH)–C–C–N with tert-alkyl or cyclic N) is 1. The zero-order valence-electron chi connectivity index (χ0n) is 14.6. The average Bonchev–Trinajstić information content (AvgIpc) is 2.67. The lowest BCUT2D eigenvalue weighted by molar-refractivity contribution is 0.0619. The molecule has 0 amide bonds. The third kappa shape index (κ3) is 4.82. The average molecular weight is 341 g/mol. The van der Waals surface area contributed by atoms with Crippen LogP contribution in [0.3, 0.4) is 0 Å². The molecule has 25 heavy (non-hydrogen) atoms. The monoisotopic (exact) mass is 341 g/mol. The van der Waals surface area contributed by atoms with Gasteiger partial charge in [0.1, 0.15) is 18.5 Å². The third-order valence-electron chi connectivity index (χ3n) is 4.71. The molecule has 0 radical (unpaired) electrons. The molecule has 1 aliphatic heterocycles. The number of rotatable bonds is 7. The molecule has 134 valence electrons. The lowest BCUT2D eigenvalue weighted by Crippen LogP contribution is -2.38. The Morgan fingerprint density at radius 3 is 2.36 bits per heavy atom. The van der Waals surface area contributed by atoms with E-state index in [2.05, 4.69) is 4.90 Å². The Balaban J connectivity index is 1.67. The van der Waals surface area contributed by atoms with Crippen LogP contribution in [0.4, 0.5) is 0 Å². The summed E-state index contributed by atoms with van der Waals surface area (Å²) in [5.41, 5.74) is 2.77. The second kappa shape index (κ2) is 8.99. The number of nitrogens with zero attached hydrogens (tertiary/aromatic N) is 1. The van der Waals surface area contributed by atoms with Crippen LogP contribution in [0.15, 0.2) is 48.5 Å². The molecule has 2 aromatic carbocycles. The molecule has 1 fully saturated rings. The molecule has 4 nitrogen and oxygen atoms in total. The third-order valence-corrected chi connectivity index (χ3v) is 4.71. The zero-order valence-corrected chi connectivity index (χ0v) is 14.6. The van der Waals surface area contributed by atoms with Gasteiger partial charge in [-0.3, -0.25) is 0 Å². The second-order valence-corrected chi connectivity index (χ2v) is 6.64. The first-order chi connectivity index (χ1) is 12.3. The lowest BCUT2D eigenvalue weighted by Gasteiger charge is -2.28. The van der Waals surface area contributed by atoms with E-state index >= 15 is 0 Å². The van der Waals surface area contributed by atoms with Crippen molar-refractivity contribution in [2.24, 2.45) is 0 Å². The number of para-hydroxylation sites is 1. The number of aliphatic hydroxyl groups excluding tert-OH is 2. The van der Waals surface area contributed by atoms with Gasteiger partial charge in [-0.15, -0.1) is 0 Å². The number of hydrogen-bond donors (Lipinski definition) is 2. The topological polar surface area (TPSA) is 52.9 Å². The van der Waals surface area contributed by atoms with Gasteiger partial charge in [0, 0.05) is 12.1 Å². The van der Waals surface area contributed by atoms with Gasteiger partial charge in [0.2, 0.25) is 0 Å². The Morgan fingerprint density at radius 1 is 0.920 bits per heavy atom. The van der Waals surface area contributed by atoms with Crippen LogP contribution in [0.5, 0.6) is 5.75 Å². The Labute approximate surface area is 149 Å². The number of piperidine rings is 1. The normalized spacial score (nSPS) is 16.6. The van der Waals surface area contributed by atoms with Crippen molar-refractivity contribution < 1.29 is 14.9 Å². The Kier molecular flexibility index (Phi) is 6.45. The maximum absolute atomic E-state index is 10.3. The predicted molar refractivity (Wildman–Crippen MR) is 99.6 cm³/mol. The highest BCUT2D eigenvalue weighted by Gasteiger charge is 2.16. The van der Waals surface area contributed by atoms with Gasteiger partial charge in [0.15, 0.2) is 0 Å². The molecule has 0 spiro atoms. The molecule has 1 saturated heterocycles. The Hall–Kier alpha value is -1.88. The van der Waals surface area contributed by atoms with Crippen LogP contribution in [0.1, 0.15) is 24.8 Å². The van der Waals surface area contributed by atoms with Crippen LogP contribution in [0.2, 0.25) is 0 Å². The van der Waals surface area contributed by atoms with Gasteiger partial charge in [-0.1, -0.05) is 48.9 Å². The fraction of sp³-hybridized carbons (Fsp3) is 0.429. The molecule has 0 saturated carbocycles. The van der Waals surface area contributed by atoms with E-state index in [-0.39, 0.29) is 13.2 Å². The van der Waals surface area contributed by atoms with E-state index in [1.54, 1.807) is 0 Å². The summed E-state index contributed by atoms with van der Waals surface area (Å²) in [6, 6.07) is 15.6. The van der Waals surface area contributed by atoms with Crippen molar-refractivity contribution in [2.75, 3.05) is 26.2 Å². The SMILES string of the molecule is OCc1ccccc1-c1ccccc1OC[C@@H](O)CN1CCCCC1. The van der Waals surface area contributed by atoms with Gasteiger partial charge in [-0.2, -0.15) is 0 Å². The van der Waals surface area contributed by atoms with Crippen LogP contribution >= 0.6 is 0 Å². The fourth-order valence-corrected chi connectivity index (χ4v) is 3.41. The van der Waals surface area contributed by atoms with E-state index in [4.69, 9.17) is 4.74 Å². The summed E-state index contributed by atoms with van der Waals surface area (Å²) in [7, 11) is 0. The highest BCUT2D eigenvalue weighted by atomic mass is 16.5. The van der Waals surface area contributed by atoms with E-state index in [9.17, 15) is 10.2 Å². The summed E-state index contributed by atoms with van der Waals surface area (Å²) in [6.07, 6.45) is 3.22. The summed E-state index contributed by atoms with van der Waals surface area (Å²) in [6.45, 7) is 3.06.